The summed E-state index contributed by atoms with van der Waals surface area (Å²) in [5, 5.41) is 3.15. The topological polar surface area (TPSA) is 16.1 Å². The highest BCUT2D eigenvalue weighted by atomic mass is 32.1. The number of rotatable bonds is 5. The highest BCUT2D eigenvalue weighted by Gasteiger charge is 2.07. The van der Waals surface area contributed by atoms with Crippen molar-refractivity contribution in [1.29, 1.82) is 0 Å². The van der Waals surface area contributed by atoms with E-state index in [9.17, 15) is 4.39 Å². The smallest absolute Gasteiger partial charge is 0.123 e. The molecule has 0 atom stereocenters. The largest absolute Gasteiger partial charge is 0.296 e. The van der Waals surface area contributed by atoms with E-state index in [1.807, 2.05) is 37.4 Å². The summed E-state index contributed by atoms with van der Waals surface area (Å²) in [6, 6.07) is 16.8. The van der Waals surface area contributed by atoms with Gasteiger partial charge in [0.25, 0.3) is 0 Å². The molecular weight excluding hydrogens is 295 g/mol. The fraction of sp³-hybridized carbons (Fsp3) is 0.167. The van der Waals surface area contributed by atoms with Gasteiger partial charge in [0.1, 0.15) is 10.8 Å². The molecule has 0 saturated carbocycles. The van der Waals surface area contributed by atoms with Crippen LogP contribution in [-0.2, 0) is 13.1 Å². The van der Waals surface area contributed by atoms with Crippen LogP contribution in [0.15, 0.2) is 60.0 Å². The molecule has 2 nitrogen and oxygen atoms in total. The second-order valence-electron chi connectivity index (χ2n) is 5.31. The van der Waals surface area contributed by atoms with Crippen LogP contribution in [0.1, 0.15) is 11.3 Å². The average molecular weight is 312 g/mol. The molecule has 0 saturated heterocycles. The maximum atomic E-state index is 12.9. The van der Waals surface area contributed by atoms with Crippen molar-refractivity contribution < 1.29 is 4.39 Å². The van der Waals surface area contributed by atoms with E-state index in [0.717, 1.165) is 34.9 Å². The van der Waals surface area contributed by atoms with Crippen LogP contribution >= 0.6 is 11.3 Å². The van der Waals surface area contributed by atoms with Crippen molar-refractivity contribution in [2.24, 2.45) is 0 Å². The number of hydrogen-bond donors (Lipinski definition) is 0. The summed E-state index contributed by atoms with van der Waals surface area (Å²) >= 11 is 1.67. The minimum absolute atomic E-state index is 0.196. The Balaban J connectivity index is 1.63. The SMILES string of the molecule is CN(Cc1ccc(F)cc1)Cc1csc(-c2ccccc2)n1. The maximum Gasteiger partial charge on any atom is 0.123 e. The zero-order chi connectivity index (χ0) is 15.4. The number of halogens is 1. The molecule has 0 unspecified atom stereocenters. The molecule has 1 aromatic heterocycles. The standard InChI is InChI=1S/C18H17FN2S/c1-21(11-14-7-9-16(19)10-8-14)12-17-13-22-18(20-17)15-5-3-2-4-6-15/h2-10,13H,11-12H2,1H3. The van der Waals surface area contributed by atoms with Crippen LogP contribution in [0.3, 0.4) is 0 Å². The molecular formula is C18H17FN2S. The minimum atomic E-state index is -0.196. The number of benzene rings is 2. The molecule has 112 valence electrons. The van der Waals surface area contributed by atoms with E-state index in [1.165, 1.54) is 12.1 Å². The monoisotopic (exact) mass is 312 g/mol. The van der Waals surface area contributed by atoms with Crippen molar-refractivity contribution >= 4 is 11.3 Å². The third-order valence-electron chi connectivity index (χ3n) is 3.37. The zero-order valence-corrected chi connectivity index (χ0v) is 13.2. The summed E-state index contributed by atoms with van der Waals surface area (Å²) in [6.07, 6.45) is 0. The number of aromatic nitrogens is 1. The average Bonchev–Trinajstić information content (AvgIpc) is 2.99. The summed E-state index contributed by atoms with van der Waals surface area (Å²) in [5.74, 6) is -0.196. The van der Waals surface area contributed by atoms with Gasteiger partial charge >= 0.3 is 0 Å². The van der Waals surface area contributed by atoms with Crippen molar-refractivity contribution in [2.75, 3.05) is 7.05 Å². The zero-order valence-electron chi connectivity index (χ0n) is 12.4. The predicted molar refractivity (Wildman–Crippen MR) is 89.1 cm³/mol. The Kier molecular flexibility index (Phi) is 4.61. The predicted octanol–water partition coefficient (Wildman–Crippen LogP) is 4.58. The van der Waals surface area contributed by atoms with Gasteiger partial charge in [-0.05, 0) is 24.7 Å². The molecule has 2 aromatic carbocycles. The van der Waals surface area contributed by atoms with Crippen LogP contribution in [0.2, 0.25) is 0 Å². The van der Waals surface area contributed by atoms with Crippen LogP contribution in [0.5, 0.6) is 0 Å². The van der Waals surface area contributed by atoms with E-state index in [1.54, 1.807) is 11.3 Å². The Hall–Kier alpha value is -2.04. The van der Waals surface area contributed by atoms with Crippen molar-refractivity contribution in [3.8, 4) is 10.6 Å². The molecule has 0 fully saturated rings. The summed E-state index contributed by atoms with van der Waals surface area (Å²) in [7, 11) is 2.05. The van der Waals surface area contributed by atoms with Gasteiger partial charge in [-0.2, -0.15) is 0 Å². The van der Waals surface area contributed by atoms with Crippen molar-refractivity contribution in [1.82, 2.24) is 9.88 Å². The normalized spacial score (nSPS) is 11.0. The molecule has 3 rings (SSSR count). The van der Waals surface area contributed by atoms with Crippen LogP contribution < -0.4 is 0 Å². The molecule has 0 N–H and O–H groups in total. The van der Waals surface area contributed by atoms with Gasteiger partial charge in [-0.3, -0.25) is 4.90 Å². The number of thiazole rings is 1. The number of nitrogens with zero attached hydrogens (tertiary/aromatic N) is 2. The molecule has 0 aliphatic heterocycles. The second-order valence-corrected chi connectivity index (χ2v) is 6.17. The molecule has 0 aliphatic rings. The number of hydrogen-bond acceptors (Lipinski definition) is 3. The van der Waals surface area contributed by atoms with E-state index < -0.39 is 0 Å². The Morgan fingerprint density at radius 3 is 2.45 bits per heavy atom. The molecule has 4 heteroatoms. The fourth-order valence-corrected chi connectivity index (χ4v) is 3.14. The summed E-state index contributed by atoms with van der Waals surface area (Å²) < 4.78 is 12.9. The Morgan fingerprint density at radius 1 is 1.00 bits per heavy atom. The Morgan fingerprint density at radius 2 is 1.73 bits per heavy atom. The molecule has 0 radical (unpaired) electrons. The first-order valence-electron chi connectivity index (χ1n) is 7.13. The van der Waals surface area contributed by atoms with E-state index >= 15 is 0 Å². The fourth-order valence-electron chi connectivity index (χ4n) is 2.33. The van der Waals surface area contributed by atoms with Crippen LogP contribution in [0.4, 0.5) is 4.39 Å². The lowest BCUT2D eigenvalue weighted by molar-refractivity contribution is 0.315. The van der Waals surface area contributed by atoms with E-state index in [-0.39, 0.29) is 5.82 Å². The third kappa shape index (κ3) is 3.78. The van der Waals surface area contributed by atoms with Crippen molar-refractivity contribution in [3.63, 3.8) is 0 Å². The van der Waals surface area contributed by atoms with Gasteiger partial charge in [-0.1, -0.05) is 42.5 Å². The molecule has 22 heavy (non-hydrogen) atoms. The van der Waals surface area contributed by atoms with Gasteiger partial charge in [-0.25, -0.2) is 9.37 Å². The minimum Gasteiger partial charge on any atom is -0.296 e. The van der Waals surface area contributed by atoms with E-state index in [2.05, 4.69) is 22.4 Å². The van der Waals surface area contributed by atoms with E-state index in [0.29, 0.717) is 0 Å². The molecule has 3 aromatic rings. The van der Waals surface area contributed by atoms with Gasteiger partial charge in [0.05, 0.1) is 5.69 Å². The molecule has 1 heterocycles. The lowest BCUT2D eigenvalue weighted by Crippen LogP contribution is -2.17. The van der Waals surface area contributed by atoms with Crippen molar-refractivity contribution in [3.05, 3.63) is 77.1 Å². The molecule has 0 amide bonds. The summed E-state index contributed by atoms with van der Waals surface area (Å²) in [6.45, 7) is 1.55. The van der Waals surface area contributed by atoms with Crippen LogP contribution in [-0.4, -0.2) is 16.9 Å². The first-order valence-corrected chi connectivity index (χ1v) is 8.01. The first kappa shape index (κ1) is 14.9. The van der Waals surface area contributed by atoms with Gasteiger partial charge in [0.2, 0.25) is 0 Å². The summed E-state index contributed by atoms with van der Waals surface area (Å²) in [5.41, 5.74) is 3.32. The molecule has 0 bridgehead atoms. The second kappa shape index (κ2) is 6.81. The van der Waals surface area contributed by atoms with Crippen LogP contribution in [0.25, 0.3) is 10.6 Å². The lowest BCUT2D eigenvalue weighted by atomic mass is 10.2. The lowest BCUT2D eigenvalue weighted by Gasteiger charge is -2.15. The van der Waals surface area contributed by atoms with Gasteiger partial charge in [-0.15, -0.1) is 11.3 Å². The Labute approximate surface area is 133 Å². The van der Waals surface area contributed by atoms with E-state index in [4.69, 9.17) is 4.98 Å². The maximum absolute atomic E-state index is 12.9. The van der Waals surface area contributed by atoms with Gasteiger partial charge in [0.15, 0.2) is 0 Å². The molecule has 0 aliphatic carbocycles. The van der Waals surface area contributed by atoms with Crippen LogP contribution in [0, 0.1) is 5.82 Å². The molecule has 0 spiro atoms. The quantitative estimate of drug-likeness (QED) is 0.685. The highest BCUT2D eigenvalue weighted by molar-refractivity contribution is 7.13. The van der Waals surface area contributed by atoms with Gasteiger partial charge in [0, 0.05) is 24.0 Å². The van der Waals surface area contributed by atoms with Crippen molar-refractivity contribution in [2.45, 2.75) is 13.1 Å². The third-order valence-corrected chi connectivity index (χ3v) is 4.31. The highest BCUT2D eigenvalue weighted by Crippen LogP contribution is 2.23. The Bertz CT molecular complexity index is 722. The summed E-state index contributed by atoms with van der Waals surface area (Å²) in [4.78, 5) is 6.87. The first-order chi connectivity index (χ1) is 10.7. The van der Waals surface area contributed by atoms with Gasteiger partial charge < -0.3 is 0 Å².